The van der Waals surface area contributed by atoms with Crippen molar-refractivity contribution >= 4 is 23.1 Å². The van der Waals surface area contributed by atoms with Crippen LogP contribution in [0.3, 0.4) is 0 Å². The number of halogens is 2. The number of thioether (sulfide) groups is 1. The molecule has 1 saturated carbocycles. The molecular formula is C15H15F2N5S2. The lowest BCUT2D eigenvalue weighted by molar-refractivity contribution is 0.0678. The summed E-state index contributed by atoms with van der Waals surface area (Å²) in [5.41, 5.74) is 0. The van der Waals surface area contributed by atoms with Gasteiger partial charge in [-0.15, -0.1) is 21.5 Å². The van der Waals surface area contributed by atoms with Gasteiger partial charge in [0, 0.05) is 29.7 Å². The highest BCUT2D eigenvalue weighted by atomic mass is 32.2. The van der Waals surface area contributed by atoms with Gasteiger partial charge in [-0.3, -0.25) is 4.57 Å². The standard InChI is InChI=1S/C15H15F2N5S2/c16-14(17)21-6-5-18-13(21)9-24-15-20-19-12(22(15)10-3-4-10)8-11-2-1-7-23-11/h1-2,5-7,10,14H,3-4,8-9H2. The minimum Gasteiger partial charge on any atom is -0.303 e. The van der Waals surface area contributed by atoms with Gasteiger partial charge < -0.3 is 4.57 Å². The predicted molar refractivity (Wildman–Crippen MR) is 88.5 cm³/mol. The molecule has 3 aromatic heterocycles. The second-order valence-corrected chi connectivity index (χ2v) is 7.55. The summed E-state index contributed by atoms with van der Waals surface area (Å²) >= 11 is 3.11. The molecule has 0 unspecified atom stereocenters. The van der Waals surface area contributed by atoms with Gasteiger partial charge in [-0.1, -0.05) is 17.8 Å². The van der Waals surface area contributed by atoms with Gasteiger partial charge in [-0.05, 0) is 24.3 Å². The molecular weight excluding hydrogens is 352 g/mol. The largest absolute Gasteiger partial charge is 0.319 e. The molecule has 24 heavy (non-hydrogen) atoms. The van der Waals surface area contributed by atoms with E-state index in [0.717, 1.165) is 34.8 Å². The summed E-state index contributed by atoms with van der Waals surface area (Å²) in [6, 6.07) is 4.55. The average Bonchev–Trinajstić information content (AvgIpc) is 2.99. The van der Waals surface area contributed by atoms with Crippen LogP contribution in [0.2, 0.25) is 0 Å². The Kier molecular flexibility index (Phi) is 4.36. The lowest BCUT2D eigenvalue weighted by atomic mass is 10.3. The minimum atomic E-state index is -2.57. The molecule has 1 aliphatic carbocycles. The smallest absolute Gasteiger partial charge is 0.303 e. The summed E-state index contributed by atoms with van der Waals surface area (Å²) in [4.78, 5) is 5.26. The van der Waals surface area contributed by atoms with Crippen molar-refractivity contribution in [1.82, 2.24) is 24.3 Å². The third-order valence-corrected chi connectivity index (χ3v) is 5.66. The van der Waals surface area contributed by atoms with Crippen LogP contribution in [0.4, 0.5) is 8.78 Å². The van der Waals surface area contributed by atoms with Crippen LogP contribution >= 0.6 is 23.1 Å². The molecule has 0 bridgehead atoms. The molecule has 3 aromatic rings. The Labute approximate surface area is 145 Å². The molecule has 126 valence electrons. The molecule has 0 atom stereocenters. The summed E-state index contributed by atoms with van der Waals surface area (Å²) in [7, 11) is 0. The van der Waals surface area contributed by atoms with Crippen molar-refractivity contribution in [2.75, 3.05) is 0 Å². The Balaban J connectivity index is 1.53. The Morgan fingerprint density at radius 2 is 2.17 bits per heavy atom. The molecule has 1 aliphatic rings. The molecule has 0 N–H and O–H groups in total. The first-order valence-electron chi connectivity index (χ1n) is 7.61. The van der Waals surface area contributed by atoms with Gasteiger partial charge in [0.1, 0.15) is 11.6 Å². The van der Waals surface area contributed by atoms with Crippen LogP contribution in [-0.4, -0.2) is 24.3 Å². The van der Waals surface area contributed by atoms with E-state index in [9.17, 15) is 8.78 Å². The van der Waals surface area contributed by atoms with E-state index in [4.69, 9.17) is 0 Å². The molecule has 0 amide bonds. The summed E-state index contributed by atoms with van der Waals surface area (Å²) < 4.78 is 28.9. The summed E-state index contributed by atoms with van der Waals surface area (Å²) in [6.07, 6.45) is 5.70. The molecule has 4 rings (SSSR count). The molecule has 0 spiro atoms. The number of rotatable bonds is 7. The Morgan fingerprint density at radius 1 is 1.29 bits per heavy atom. The Hall–Kier alpha value is -1.74. The van der Waals surface area contributed by atoms with Crippen LogP contribution in [0.1, 0.15) is 42.0 Å². The van der Waals surface area contributed by atoms with Crippen molar-refractivity contribution in [3.8, 4) is 0 Å². The first-order valence-corrected chi connectivity index (χ1v) is 9.47. The van der Waals surface area contributed by atoms with E-state index in [1.54, 1.807) is 11.3 Å². The lowest BCUT2D eigenvalue weighted by Crippen LogP contribution is -2.05. The van der Waals surface area contributed by atoms with E-state index >= 15 is 0 Å². The maximum Gasteiger partial charge on any atom is 0.319 e. The van der Waals surface area contributed by atoms with Gasteiger partial charge in [-0.25, -0.2) is 4.98 Å². The van der Waals surface area contributed by atoms with Gasteiger partial charge in [0.2, 0.25) is 0 Å². The van der Waals surface area contributed by atoms with E-state index in [0.29, 0.717) is 17.6 Å². The van der Waals surface area contributed by atoms with Crippen LogP contribution in [0.25, 0.3) is 0 Å². The van der Waals surface area contributed by atoms with Crippen LogP contribution < -0.4 is 0 Å². The fraction of sp³-hybridized carbons (Fsp3) is 0.400. The number of alkyl halides is 2. The average molecular weight is 367 g/mol. The van der Waals surface area contributed by atoms with E-state index in [-0.39, 0.29) is 0 Å². The zero-order valence-electron chi connectivity index (χ0n) is 12.7. The zero-order chi connectivity index (χ0) is 16.5. The van der Waals surface area contributed by atoms with Gasteiger partial charge in [0.15, 0.2) is 5.16 Å². The van der Waals surface area contributed by atoms with Crippen molar-refractivity contribution in [1.29, 1.82) is 0 Å². The van der Waals surface area contributed by atoms with Crippen LogP contribution in [0.5, 0.6) is 0 Å². The topological polar surface area (TPSA) is 48.5 Å². The van der Waals surface area contributed by atoms with Gasteiger partial charge >= 0.3 is 6.55 Å². The first-order chi connectivity index (χ1) is 11.7. The summed E-state index contributed by atoms with van der Waals surface area (Å²) in [5.74, 6) is 1.64. The van der Waals surface area contributed by atoms with Crippen molar-refractivity contribution in [3.05, 3.63) is 46.4 Å². The Bertz CT molecular complexity index is 808. The van der Waals surface area contributed by atoms with Crippen molar-refractivity contribution in [2.45, 2.75) is 42.8 Å². The molecule has 0 saturated heterocycles. The number of hydrogen-bond acceptors (Lipinski definition) is 5. The monoisotopic (exact) mass is 367 g/mol. The highest BCUT2D eigenvalue weighted by molar-refractivity contribution is 7.98. The number of imidazole rings is 1. The van der Waals surface area contributed by atoms with Crippen LogP contribution in [0, 0.1) is 0 Å². The van der Waals surface area contributed by atoms with Gasteiger partial charge in [0.25, 0.3) is 0 Å². The second kappa shape index (κ2) is 6.64. The van der Waals surface area contributed by atoms with E-state index in [1.807, 2.05) is 11.4 Å². The third kappa shape index (κ3) is 3.23. The lowest BCUT2D eigenvalue weighted by Gasteiger charge is -2.09. The molecule has 0 aromatic carbocycles. The number of thiophene rings is 1. The quantitative estimate of drug-likeness (QED) is 0.589. The fourth-order valence-corrected chi connectivity index (χ4v) is 4.23. The highest BCUT2D eigenvalue weighted by Crippen LogP contribution is 2.39. The van der Waals surface area contributed by atoms with E-state index in [2.05, 4.69) is 25.8 Å². The van der Waals surface area contributed by atoms with Crippen molar-refractivity contribution in [3.63, 3.8) is 0 Å². The normalized spacial score (nSPS) is 14.6. The molecule has 3 heterocycles. The molecule has 1 fully saturated rings. The molecule has 9 heteroatoms. The van der Waals surface area contributed by atoms with Crippen LogP contribution in [0.15, 0.2) is 35.1 Å². The maximum absolute atomic E-state index is 12.9. The molecule has 5 nitrogen and oxygen atoms in total. The number of aromatic nitrogens is 5. The summed E-state index contributed by atoms with van der Waals surface area (Å²) in [6.45, 7) is -2.57. The first kappa shape index (κ1) is 15.8. The Morgan fingerprint density at radius 3 is 2.88 bits per heavy atom. The molecule has 0 aliphatic heterocycles. The van der Waals surface area contributed by atoms with E-state index < -0.39 is 6.55 Å². The van der Waals surface area contributed by atoms with Gasteiger partial charge in [-0.2, -0.15) is 8.78 Å². The predicted octanol–water partition coefficient (Wildman–Crippen LogP) is 4.15. The highest BCUT2D eigenvalue weighted by Gasteiger charge is 2.30. The van der Waals surface area contributed by atoms with Crippen molar-refractivity contribution in [2.24, 2.45) is 0 Å². The van der Waals surface area contributed by atoms with Crippen LogP contribution in [-0.2, 0) is 12.2 Å². The zero-order valence-corrected chi connectivity index (χ0v) is 14.3. The second-order valence-electron chi connectivity index (χ2n) is 5.57. The maximum atomic E-state index is 12.9. The number of nitrogens with zero attached hydrogens (tertiary/aromatic N) is 5. The number of hydrogen-bond donors (Lipinski definition) is 0. The fourth-order valence-electron chi connectivity index (χ4n) is 2.56. The van der Waals surface area contributed by atoms with Gasteiger partial charge in [0.05, 0.1) is 5.75 Å². The van der Waals surface area contributed by atoms with E-state index in [1.165, 1.54) is 29.0 Å². The minimum absolute atomic E-state index is 0.347. The molecule has 0 radical (unpaired) electrons. The SMILES string of the molecule is FC(F)n1ccnc1CSc1nnc(Cc2cccs2)n1C1CC1. The van der Waals surface area contributed by atoms with Crippen molar-refractivity contribution < 1.29 is 8.78 Å². The summed E-state index contributed by atoms with van der Waals surface area (Å²) in [5, 5.41) is 11.5. The third-order valence-electron chi connectivity index (χ3n) is 3.85.